The number of amides is 2. The first kappa shape index (κ1) is 17.2. The van der Waals surface area contributed by atoms with Crippen LogP contribution in [0.3, 0.4) is 0 Å². The fourth-order valence-electron chi connectivity index (χ4n) is 2.78. The highest BCUT2D eigenvalue weighted by molar-refractivity contribution is 6.05. The lowest BCUT2D eigenvalue weighted by Gasteiger charge is -2.25. The Labute approximate surface area is 147 Å². The highest BCUT2D eigenvalue weighted by Gasteiger charge is 2.22. The molecule has 7 heteroatoms. The van der Waals surface area contributed by atoms with Crippen molar-refractivity contribution < 1.29 is 9.59 Å². The van der Waals surface area contributed by atoms with Crippen LogP contribution < -0.4 is 5.32 Å². The van der Waals surface area contributed by atoms with E-state index in [1.807, 2.05) is 26.2 Å². The Morgan fingerprint density at radius 2 is 2.16 bits per heavy atom. The first-order chi connectivity index (χ1) is 11.9. The van der Waals surface area contributed by atoms with E-state index in [1.54, 1.807) is 35.1 Å². The van der Waals surface area contributed by atoms with Crippen molar-refractivity contribution in [1.29, 1.82) is 0 Å². The number of benzene rings is 1. The Bertz CT molecular complexity index is 797. The van der Waals surface area contributed by atoms with Crippen molar-refractivity contribution in [2.24, 2.45) is 0 Å². The van der Waals surface area contributed by atoms with E-state index in [-0.39, 0.29) is 11.8 Å². The number of fused-ring (bicyclic) bond motifs is 1. The largest absolute Gasteiger partial charge is 0.341 e. The first-order valence-electron chi connectivity index (χ1n) is 8.31. The van der Waals surface area contributed by atoms with Gasteiger partial charge in [-0.05, 0) is 38.2 Å². The number of hydrogen-bond acceptors (Lipinski definition) is 4. The van der Waals surface area contributed by atoms with Gasteiger partial charge in [-0.1, -0.05) is 6.07 Å². The summed E-state index contributed by atoms with van der Waals surface area (Å²) in [6.45, 7) is 2.30. The Balaban J connectivity index is 1.70. The molecule has 25 heavy (non-hydrogen) atoms. The molecule has 0 bridgehead atoms. The number of carbonyl (C=O) groups is 2. The molecule has 0 radical (unpaired) electrons. The summed E-state index contributed by atoms with van der Waals surface area (Å²) in [4.78, 5) is 28.4. The minimum absolute atomic E-state index is 0.00569. The summed E-state index contributed by atoms with van der Waals surface area (Å²) >= 11 is 0. The molecule has 0 aliphatic carbocycles. The molecule has 1 aromatic heterocycles. The SMILES string of the molecule is CN(C)CCn1cc(C(=O)Nc2ccc3c(c2)C(=O)N(C)CC3)cn1. The maximum atomic E-state index is 12.4. The molecule has 2 amide bonds. The molecule has 0 unspecified atom stereocenters. The van der Waals surface area contributed by atoms with Crippen molar-refractivity contribution in [1.82, 2.24) is 19.6 Å². The summed E-state index contributed by atoms with van der Waals surface area (Å²) in [5.74, 6) is -0.235. The van der Waals surface area contributed by atoms with Crippen molar-refractivity contribution >= 4 is 17.5 Å². The first-order valence-corrected chi connectivity index (χ1v) is 8.31. The van der Waals surface area contributed by atoms with Crippen LogP contribution in [0.1, 0.15) is 26.3 Å². The lowest BCUT2D eigenvalue weighted by molar-refractivity contribution is 0.0780. The maximum absolute atomic E-state index is 12.4. The molecule has 2 aromatic rings. The van der Waals surface area contributed by atoms with E-state index in [4.69, 9.17) is 0 Å². The fraction of sp³-hybridized carbons (Fsp3) is 0.389. The number of nitrogens with one attached hydrogen (secondary N) is 1. The summed E-state index contributed by atoms with van der Waals surface area (Å²) in [6, 6.07) is 5.50. The van der Waals surface area contributed by atoms with E-state index >= 15 is 0 Å². The molecule has 0 spiro atoms. The van der Waals surface area contributed by atoms with Crippen LogP contribution in [0.5, 0.6) is 0 Å². The fourth-order valence-corrected chi connectivity index (χ4v) is 2.78. The van der Waals surface area contributed by atoms with Crippen molar-refractivity contribution in [3.05, 3.63) is 47.3 Å². The molecule has 1 aliphatic heterocycles. The molecule has 0 fully saturated rings. The predicted octanol–water partition coefficient (Wildman–Crippen LogP) is 1.33. The molecule has 2 heterocycles. The lowest BCUT2D eigenvalue weighted by Crippen LogP contribution is -2.34. The third kappa shape index (κ3) is 3.88. The van der Waals surface area contributed by atoms with Gasteiger partial charge < -0.3 is 15.1 Å². The summed E-state index contributed by atoms with van der Waals surface area (Å²) in [6.07, 6.45) is 4.13. The van der Waals surface area contributed by atoms with E-state index in [2.05, 4.69) is 15.3 Å². The normalized spacial score (nSPS) is 13.9. The van der Waals surface area contributed by atoms with Gasteiger partial charge in [0, 0.05) is 37.6 Å². The molecule has 1 N–H and O–H groups in total. The molecule has 1 aromatic carbocycles. The van der Waals surface area contributed by atoms with Gasteiger partial charge in [0.05, 0.1) is 18.3 Å². The van der Waals surface area contributed by atoms with E-state index in [0.717, 1.165) is 31.6 Å². The second-order valence-electron chi connectivity index (χ2n) is 6.60. The van der Waals surface area contributed by atoms with Crippen LogP contribution in [0.25, 0.3) is 0 Å². The van der Waals surface area contributed by atoms with Crippen molar-refractivity contribution in [2.75, 3.05) is 39.5 Å². The quantitative estimate of drug-likeness (QED) is 0.891. The number of likely N-dealkylation sites (N-methyl/N-ethyl adjacent to an activating group) is 2. The minimum Gasteiger partial charge on any atom is -0.341 e. The summed E-state index contributed by atoms with van der Waals surface area (Å²) in [5, 5.41) is 7.06. The van der Waals surface area contributed by atoms with Crippen LogP contribution in [-0.2, 0) is 13.0 Å². The van der Waals surface area contributed by atoms with Crippen molar-refractivity contribution in [3.8, 4) is 0 Å². The monoisotopic (exact) mass is 341 g/mol. The summed E-state index contributed by atoms with van der Waals surface area (Å²) < 4.78 is 1.75. The zero-order valence-corrected chi connectivity index (χ0v) is 14.8. The molecule has 132 valence electrons. The number of carbonyl (C=O) groups excluding carboxylic acids is 2. The zero-order valence-electron chi connectivity index (χ0n) is 14.8. The molecular weight excluding hydrogens is 318 g/mol. The highest BCUT2D eigenvalue weighted by Crippen LogP contribution is 2.22. The summed E-state index contributed by atoms with van der Waals surface area (Å²) in [5.41, 5.74) is 2.80. The number of rotatable bonds is 5. The number of anilines is 1. The van der Waals surface area contributed by atoms with Gasteiger partial charge in [0.1, 0.15) is 0 Å². The predicted molar refractivity (Wildman–Crippen MR) is 95.8 cm³/mol. The number of aromatic nitrogens is 2. The van der Waals surface area contributed by atoms with Crippen LogP contribution in [0.4, 0.5) is 5.69 Å². The van der Waals surface area contributed by atoms with Crippen molar-refractivity contribution in [2.45, 2.75) is 13.0 Å². The Morgan fingerprint density at radius 3 is 2.92 bits per heavy atom. The van der Waals surface area contributed by atoms with Crippen LogP contribution in [0.15, 0.2) is 30.6 Å². The highest BCUT2D eigenvalue weighted by atomic mass is 16.2. The zero-order chi connectivity index (χ0) is 18.0. The second-order valence-corrected chi connectivity index (χ2v) is 6.60. The van der Waals surface area contributed by atoms with E-state index in [0.29, 0.717) is 16.8 Å². The van der Waals surface area contributed by atoms with Gasteiger partial charge in [-0.15, -0.1) is 0 Å². The van der Waals surface area contributed by atoms with E-state index < -0.39 is 0 Å². The van der Waals surface area contributed by atoms with Gasteiger partial charge in [0.25, 0.3) is 11.8 Å². The number of nitrogens with zero attached hydrogens (tertiary/aromatic N) is 4. The topological polar surface area (TPSA) is 70.5 Å². The second kappa shape index (κ2) is 7.06. The third-order valence-corrected chi connectivity index (χ3v) is 4.33. The molecule has 3 rings (SSSR count). The molecule has 1 aliphatic rings. The van der Waals surface area contributed by atoms with Gasteiger partial charge in [0.15, 0.2) is 0 Å². The molecule has 0 saturated carbocycles. The molecule has 0 atom stereocenters. The Kier molecular flexibility index (Phi) is 4.85. The average Bonchev–Trinajstić information content (AvgIpc) is 3.06. The van der Waals surface area contributed by atoms with Gasteiger partial charge in [-0.3, -0.25) is 14.3 Å². The molecule has 7 nitrogen and oxygen atoms in total. The average molecular weight is 341 g/mol. The maximum Gasteiger partial charge on any atom is 0.258 e. The van der Waals surface area contributed by atoms with Crippen LogP contribution in [-0.4, -0.2) is 65.6 Å². The van der Waals surface area contributed by atoms with Crippen molar-refractivity contribution in [3.63, 3.8) is 0 Å². The van der Waals surface area contributed by atoms with Crippen LogP contribution >= 0.6 is 0 Å². The van der Waals surface area contributed by atoms with E-state index in [1.165, 1.54) is 0 Å². The van der Waals surface area contributed by atoms with Gasteiger partial charge in [-0.25, -0.2) is 0 Å². The lowest BCUT2D eigenvalue weighted by atomic mass is 9.98. The van der Waals surface area contributed by atoms with Gasteiger partial charge in [0.2, 0.25) is 0 Å². The van der Waals surface area contributed by atoms with Crippen LogP contribution in [0.2, 0.25) is 0 Å². The number of hydrogen-bond donors (Lipinski definition) is 1. The Morgan fingerprint density at radius 1 is 1.36 bits per heavy atom. The van der Waals surface area contributed by atoms with E-state index in [9.17, 15) is 9.59 Å². The van der Waals surface area contributed by atoms with Crippen LogP contribution in [0, 0.1) is 0 Å². The molecule has 0 saturated heterocycles. The summed E-state index contributed by atoms with van der Waals surface area (Å²) in [7, 11) is 5.77. The Hall–Kier alpha value is -2.67. The van der Waals surface area contributed by atoms with Gasteiger partial charge in [-0.2, -0.15) is 5.10 Å². The molecular formula is C18H23N5O2. The smallest absolute Gasteiger partial charge is 0.258 e. The standard InChI is InChI=1S/C18H23N5O2/c1-21(2)8-9-23-12-14(11-19-23)17(24)20-15-5-4-13-6-7-22(3)18(25)16(13)10-15/h4-5,10-12H,6-9H2,1-3H3,(H,20,24). The van der Waals surface area contributed by atoms with Gasteiger partial charge >= 0.3 is 0 Å². The minimum atomic E-state index is -0.229. The third-order valence-electron chi connectivity index (χ3n) is 4.33.